The molecule has 8 nitrogen and oxygen atoms in total. The van der Waals surface area contributed by atoms with Gasteiger partial charge in [0.2, 0.25) is 5.91 Å². The van der Waals surface area contributed by atoms with Gasteiger partial charge in [-0.3, -0.25) is 9.89 Å². The Morgan fingerprint density at radius 3 is 2.73 bits per heavy atom. The number of carbonyl (C=O) groups excluding carboxylic acids is 1. The molecule has 0 saturated carbocycles. The second-order valence-electron chi connectivity index (χ2n) is 4.48. The van der Waals surface area contributed by atoms with Crippen LogP contribution in [-0.4, -0.2) is 48.0 Å². The molecule has 0 aliphatic rings. The van der Waals surface area contributed by atoms with E-state index in [0.717, 1.165) is 5.56 Å². The van der Waals surface area contributed by atoms with Crippen molar-refractivity contribution in [2.75, 3.05) is 32.2 Å². The van der Waals surface area contributed by atoms with Gasteiger partial charge in [0.15, 0.2) is 5.82 Å². The molecule has 22 heavy (non-hydrogen) atoms. The van der Waals surface area contributed by atoms with Crippen LogP contribution in [0, 0.1) is 0 Å². The molecule has 0 fully saturated rings. The molecule has 0 saturated heterocycles. The maximum absolute atomic E-state index is 11.7. The van der Waals surface area contributed by atoms with E-state index in [-0.39, 0.29) is 12.5 Å². The second-order valence-corrected chi connectivity index (χ2v) is 4.48. The van der Waals surface area contributed by atoms with Gasteiger partial charge in [-0.05, 0) is 24.3 Å². The Morgan fingerprint density at radius 2 is 2.09 bits per heavy atom. The van der Waals surface area contributed by atoms with Crippen LogP contribution in [0.25, 0.3) is 11.4 Å². The van der Waals surface area contributed by atoms with Crippen LogP contribution in [-0.2, 0) is 20.8 Å². The molecule has 0 aliphatic carbocycles. The van der Waals surface area contributed by atoms with Crippen molar-refractivity contribution in [3.8, 4) is 11.4 Å². The number of carbonyl (C=O) groups is 1. The molecule has 2 aromatic rings. The normalized spacial score (nSPS) is 10.6. The Hall–Kier alpha value is -2.29. The Kier molecular flexibility index (Phi) is 6.01. The third-order valence-corrected chi connectivity index (χ3v) is 2.82. The number of hydrogen-bond donors (Lipinski definition) is 3. The number of ether oxygens (including phenoxy) is 2. The summed E-state index contributed by atoms with van der Waals surface area (Å²) in [5.74, 6) is 0.981. The monoisotopic (exact) mass is 305 g/mol. The van der Waals surface area contributed by atoms with Crippen LogP contribution in [0.1, 0.15) is 5.82 Å². The van der Waals surface area contributed by atoms with Crippen LogP contribution >= 0.6 is 0 Å². The molecule has 118 valence electrons. The minimum atomic E-state index is -0.216. The zero-order chi connectivity index (χ0) is 15.8. The van der Waals surface area contributed by atoms with Crippen molar-refractivity contribution in [1.29, 1.82) is 0 Å². The Labute approximate surface area is 128 Å². The summed E-state index contributed by atoms with van der Waals surface area (Å²) >= 11 is 0. The van der Waals surface area contributed by atoms with E-state index >= 15 is 0 Å². The lowest BCUT2D eigenvalue weighted by Gasteiger charge is -2.06. The number of anilines is 1. The Bertz CT molecular complexity index is 597. The van der Waals surface area contributed by atoms with E-state index in [9.17, 15) is 4.79 Å². The van der Waals surface area contributed by atoms with Crippen LogP contribution in [0.15, 0.2) is 24.3 Å². The highest BCUT2D eigenvalue weighted by Crippen LogP contribution is 2.17. The fourth-order valence-corrected chi connectivity index (χ4v) is 1.72. The van der Waals surface area contributed by atoms with Crippen molar-refractivity contribution in [2.45, 2.75) is 6.54 Å². The molecule has 1 aromatic carbocycles. The zero-order valence-corrected chi connectivity index (χ0v) is 12.3. The Morgan fingerprint density at radius 1 is 1.32 bits per heavy atom. The summed E-state index contributed by atoms with van der Waals surface area (Å²) in [7, 11) is 1.58. The summed E-state index contributed by atoms with van der Waals surface area (Å²) < 4.78 is 9.97. The number of nitrogens with one attached hydrogen (secondary N) is 2. The van der Waals surface area contributed by atoms with Gasteiger partial charge in [-0.15, -0.1) is 0 Å². The molecule has 1 aromatic heterocycles. The molecule has 0 bridgehead atoms. The van der Waals surface area contributed by atoms with Crippen LogP contribution in [0.2, 0.25) is 0 Å². The van der Waals surface area contributed by atoms with E-state index < -0.39 is 0 Å². The van der Waals surface area contributed by atoms with E-state index in [1.165, 1.54) is 0 Å². The third-order valence-electron chi connectivity index (χ3n) is 2.82. The summed E-state index contributed by atoms with van der Waals surface area (Å²) in [6.07, 6.45) is 0. The summed E-state index contributed by atoms with van der Waals surface area (Å²) in [5.41, 5.74) is 7.00. The highest BCUT2D eigenvalue weighted by molar-refractivity contribution is 5.91. The lowest BCUT2D eigenvalue weighted by atomic mass is 10.2. The smallest absolute Gasteiger partial charge is 0.250 e. The molecule has 2 rings (SSSR count). The van der Waals surface area contributed by atoms with E-state index in [2.05, 4.69) is 20.5 Å². The van der Waals surface area contributed by atoms with Gasteiger partial charge in [-0.1, -0.05) is 0 Å². The fourth-order valence-electron chi connectivity index (χ4n) is 1.72. The van der Waals surface area contributed by atoms with Crippen molar-refractivity contribution in [2.24, 2.45) is 5.73 Å². The first kappa shape index (κ1) is 16.1. The number of methoxy groups -OCH3 is 1. The number of nitrogens with two attached hydrogens (primary N) is 1. The minimum Gasteiger partial charge on any atom is -0.382 e. The molecule has 0 aliphatic heterocycles. The van der Waals surface area contributed by atoms with Gasteiger partial charge in [-0.25, -0.2) is 4.98 Å². The largest absolute Gasteiger partial charge is 0.382 e. The van der Waals surface area contributed by atoms with Crippen LogP contribution in [0.5, 0.6) is 0 Å². The highest BCUT2D eigenvalue weighted by atomic mass is 16.5. The summed E-state index contributed by atoms with van der Waals surface area (Å²) in [4.78, 5) is 15.9. The van der Waals surface area contributed by atoms with Gasteiger partial charge in [0.1, 0.15) is 12.4 Å². The maximum Gasteiger partial charge on any atom is 0.250 e. The van der Waals surface area contributed by atoms with Gasteiger partial charge in [0.05, 0.1) is 19.8 Å². The molecular weight excluding hydrogens is 286 g/mol. The van der Waals surface area contributed by atoms with Crippen molar-refractivity contribution < 1.29 is 14.3 Å². The molecule has 1 amide bonds. The van der Waals surface area contributed by atoms with Crippen LogP contribution < -0.4 is 11.1 Å². The molecule has 0 unspecified atom stereocenters. The average molecular weight is 305 g/mol. The van der Waals surface area contributed by atoms with Crippen molar-refractivity contribution in [3.63, 3.8) is 0 Å². The lowest BCUT2D eigenvalue weighted by Crippen LogP contribution is -2.19. The molecule has 4 N–H and O–H groups in total. The SMILES string of the molecule is COCCOCC(=O)Nc1ccc(-c2n[nH]c(CN)n2)cc1. The van der Waals surface area contributed by atoms with Gasteiger partial charge in [-0.2, -0.15) is 5.10 Å². The molecule has 0 radical (unpaired) electrons. The first-order valence-corrected chi connectivity index (χ1v) is 6.81. The first-order valence-electron chi connectivity index (χ1n) is 6.81. The van der Waals surface area contributed by atoms with Crippen LogP contribution in [0.4, 0.5) is 5.69 Å². The van der Waals surface area contributed by atoms with Crippen molar-refractivity contribution in [1.82, 2.24) is 15.2 Å². The Balaban J connectivity index is 1.87. The molecule has 8 heteroatoms. The number of nitrogens with zero attached hydrogens (tertiary/aromatic N) is 2. The third kappa shape index (κ3) is 4.62. The lowest BCUT2D eigenvalue weighted by molar-refractivity contribution is -0.121. The van der Waals surface area contributed by atoms with E-state index in [1.807, 2.05) is 12.1 Å². The molecule has 1 heterocycles. The van der Waals surface area contributed by atoms with Crippen LogP contribution in [0.3, 0.4) is 0 Å². The predicted molar refractivity (Wildman–Crippen MR) is 81.0 cm³/mol. The van der Waals surface area contributed by atoms with Gasteiger partial charge >= 0.3 is 0 Å². The topological polar surface area (TPSA) is 115 Å². The molecular formula is C14H19N5O3. The number of aromatic amines is 1. The number of hydrogen-bond acceptors (Lipinski definition) is 6. The highest BCUT2D eigenvalue weighted by Gasteiger charge is 2.06. The van der Waals surface area contributed by atoms with Gasteiger partial charge in [0, 0.05) is 18.4 Å². The number of aromatic nitrogens is 3. The van der Waals surface area contributed by atoms with Gasteiger partial charge in [0.25, 0.3) is 0 Å². The van der Waals surface area contributed by atoms with E-state index in [4.69, 9.17) is 15.2 Å². The number of H-pyrrole nitrogens is 1. The maximum atomic E-state index is 11.7. The number of amides is 1. The molecule has 0 spiro atoms. The quantitative estimate of drug-likeness (QED) is 0.613. The zero-order valence-electron chi connectivity index (χ0n) is 12.3. The average Bonchev–Trinajstić information content (AvgIpc) is 3.01. The predicted octanol–water partition coefficient (Wildman–Crippen LogP) is 0.532. The van der Waals surface area contributed by atoms with Gasteiger partial charge < -0.3 is 20.5 Å². The first-order chi connectivity index (χ1) is 10.7. The second kappa shape index (κ2) is 8.23. The van der Waals surface area contributed by atoms with Crippen molar-refractivity contribution >= 4 is 11.6 Å². The fraction of sp³-hybridized carbons (Fsp3) is 0.357. The molecule has 0 atom stereocenters. The standard InChI is InChI=1S/C14H19N5O3/c1-21-6-7-22-9-13(20)16-11-4-2-10(3-5-11)14-17-12(8-15)18-19-14/h2-5H,6-9,15H2,1H3,(H,16,20)(H,17,18,19). The van der Waals surface area contributed by atoms with E-state index in [0.29, 0.717) is 37.1 Å². The summed E-state index contributed by atoms with van der Waals surface area (Å²) in [6, 6.07) is 7.21. The number of benzene rings is 1. The minimum absolute atomic E-state index is 0.00804. The summed E-state index contributed by atoms with van der Waals surface area (Å²) in [5, 5.41) is 9.56. The number of rotatable bonds is 8. The van der Waals surface area contributed by atoms with E-state index in [1.54, 1.807) is 19.2 Å². The summed E-state index contributed by atoms with van der Waals surface area (Å²) in [6.45, 7) is 1.15. The van der Waals surface area contributed by atoms with Crippen molar-refractivity contribution in [3.05, 3.63) is 30.1 Å².